The van der Waals surface area contributed by atoms with Crippen LogP contribution in [0.25, 0.3) is 0 Å². The van der Waals surface area contributed by atoms with Crippen molar-refractivity contribution in [2.75, 3.05) is 6.61 Å². The summed E-state index contributed by atoms with van der Waals surface area (Å²) >= 11 is 16.4. The third-order valence-corrected chi connectivity index (χ3v) is 3.54. The van der Waals surface area contributed by atoms with E-state index in [0.717, 1.165) is 0 Å². The number of carbonyl (C=O) groups is 2. The normalized spacial score (nSPS) is 9.84. The zero-order chi connectivity index (χ0) is 18.2. The van der Waals surface area contributed by atoms with Crippen molar-refractivity contribution in [3.05, 3.63) is 64.1 Å². The summed E-state index contributed by atoms with van der Waals surface area (Å²) in [6.07, 6.45) is 0. The van der Waals surface area contributed by atoms with Crippen molar-refractivity contribution >= 4 is 52.3 Å². The van der Waals surface area contributed by atoms with Crippen LogP contribution in [-0.2, 0) is 4.79 Å². The van der Waals surface area contributed by atoms with Crippen molar-refractivity contribution in [2.45, 2.75) is 0 Å². The summed E-state index contributed by atoms with van der Waals surface area (Å²) < 4.78 is 5.27. The lowest BCUT2D eigenvalue weighted by atomic mass is 10.2. The standard InChI is InChI=1S/C16H13Cl2N3O3S/c17-11-3-1-10(2-4-11)15(23)20-21-16(25)19-14(22)9-24-13-7-5-12(18)6-8-13/h1-8H,9H2,(H,20,23)(H2,19,21,22,25). The number of halogens is 2. The minimum Gasteiger partial charge on any atom is -0.484 e. The van der Waals surface area contributed by atoms with E-state index in [0.29, 0.717) is 21.4 Å². The highest BCUT2D eigenvalue weighted by Crippen LogP contribution is 2.15. The lowest BCUT2D eigenvalue weighted by Gasteiger charge is -2.11. The lowest BCUT2D eigenvalue weighted by molar-refractivity contribution is -0.121. The first-order chi connectivity index (χ1) is 11.9. The van der Waals surface area contributed by atoms with E-state index in [1.165, 1.54) is 0 Å². The smallest absolute Gasteiger partial charge is 0.269 e. The van der Waals surface area contributed by atoms with Gasteiger partial charge in [-0.25, -0.2) is 0 Å². The predicted octanol–water partition coefficient (Wildman–Crippen LogP) is 2.71. The molecule has 130 valence electrons. The molecule has 2 aromatic carbocycles. The Labute approximate surface area is 159 Å². The quantitative estimate of drug-likeness (QED) is 0.545. The molecular formula is C16H13Cl2N3O3S. The summed E-state index contributed by atoms with van der Waals surface area (Å²) in [7, 11) is 0. The van der Waals surface area contributed by atoms with Crippen LogP contribution in [0.3, 0.4) is 0 Å². The van der Waals surface area contributed by atoms with Crippen molar-refractivity contribution in [1.82, 2.24) is 16.2 Å². The van der Waals surface area contributed by atoms with Crippen LogP contribution in [0.5, 0.6) is 5.75 Å². The van der Waals surface area contributed by atoms with Crippen molar-refractivity contribution in [3.63, 3.8) is 0 Å². The average Bonchev–Trinajstić information content (AvgIpc) is 2.60. The third-order valence-electron chi connectivity index (χ3n) is 2.83. The number of ether oxygens (including phenoxy) is 1. The molecule has 0 unspecified atom stereocenters. The zero-order valence-electron chi connectivity index (χ0n) is 12.7. The summed E-state index contributed by atoms with van der Waals surface area (Å²) in [6, 6.07) is 12.9. The van der Waals surface area contributed by atoms with Crippen molar-refractivity contribution in [1.29, 1.82) is 0 Å². The highest BCUT2D eigenvalue weighted by molar-refractivity contribution is 7.80. The van der Waals surface area contributed by atoms with Gasteiger partial charge < -0.3 is 4.74 Å². The molecule has 2 amide bonds. The maximum absolute atomic E-state index is 11.9. The number of rotatable bonds is 4. The van der Waals surface area contributed by atoms with Gasteiger partial charge in [0.05, 0.1) is 0 Å². The fraction of sp³-hybridized carbons (Fsp3) is 0.0625. The van der Waals surface area contributed by atoms with Crippen LogP contribution in [0.15, 0.2) is 48.5 Å². The monoisotopic (exact) mass is 397 g/mol. The first-order valence-electron chi connectivity index (χ1n) is 6.98. The van der Waals surface area contributed by atoms with Crippen LogP contribution < -0.4 is 20.9 Å². The summed E-state index contributed by atoms with van der Waals surface area (Å²) in [6.45, 7) is -0.241. The Hall–Kier alpha value is -2.35. The van der Waals surface area contributed by atoms with Crippen LogP contribution in [0.4, 0.5) is 0 Å². The van der Waals surface area contributed by atoms with Gasteiger partial charge in [0, 0.05) is 15.6 Å². The Morgan fingerprint density at radius 1 is 0.920 bits per heavy atom. The molecule has 0 saturated carbocycles. The van der Waals surface area contributed by atoms with Gasteiger partial charge >= 0.3 is 0 Å². The Balaban J connectivity index is 1.72. The molecule has 0 aliphatic rings. The molecule has 0 fully saturated rings. The number of carbonyl (C=O) groups excluding carboxylic acids is 2. The first-order valence-corrected chi connectivity index (χ1v) is 8.14. The van der Waals surface area contributed by atoms with Gasteiger partial charge in [-0.1, -0.05) is 23.2 Å². The van der Waals surface area contributed by atoms with E-state index in [-0.39, 0.29) is 11.7 Å². The van der Waals surface area contributed by atoms with Crippen LogP contribution in [0.2, 0.25) is 10.0 Å². The fourth-order valence-electron chi connectivity index (χ4n) is 1.66. The molecule has 0 atom stereocenters. The summed E-state index contributed by atoms with van der Waals surface area (Å²) in [5.41, 5.74) is 5.17. The molecule has 6 nitrogen and oxygen atoms in total. The van der Waals surface area contributed by atoms with E-state index >= 15 is 0 Å². The molecule has 0 heterocycles. The van der Waals surface area contributed by atoms with Gasteiger partial charge in [-0.15, -0.1) is 0 Å². The fourth-order valence-corrected chi connectivity index (χ4v) is 2.08. The van der Waals surface area contributed by atoms with Crippen LogP contribution >= 0.6 is 35.4 Å². The van der Waals surface area contributed by atoms with Gasteiger partial charge in [0.15, 0.2) is 11.7 Å². The van der Waals surface area contributed by atoms with E-state index in [1.807, 2.05) is 0 Å². The molecule has 0 bridgehead atoms. The molecule has 25 heavy (non-hydrogen) atoms. The topological polar surface area (TPSA) is 79.5 Å². The molecule has 0 aliphatic carbocycles. The molecule has 2 rings (SSSR count). The van der Waals surface area contributed by atoms with Crippen molar-refractivity contribution in [3.8, 4) is 5.75 Å². The van der Waals surface area contributed by atoms with E-state index in [4.69, 9.17) is 40.2 Å². The van der Waals surface area contributed by atoms with Crippen LogP contribution in [-0.4, -0.2) is 23.5 Å². The molecular weight excluding hydrogens is 385 g/mol. The lowest BCUT2D eigenvalue weighted by Crippen LogP contribution is -2.49. The van der Waals surface area contributed by atoms with Gasteiger partial charge in [0.25, 0.3) is 11.8 Å². The first kappa shape index (κ1) is 19.0. The Morgan fingerprint density at radius 2 is 1.48 bits per heavy atom. The van der Waals surface area contributed by atoms with Crippen LogP contribution in [0, 0.1) is 0 Å². The molecule has 3 N–H and O–H groups in total. The van der Waals surface area contributed by atoms with Gasteiger partial charge in [-0.2, -0.15) is 0 Å². The van der Waals surface area contributed by atoms with Gasteiger partial charge in [-0.3, -0.25) is 25.8 Å². The van der Waals surface area contributed by atoms with E-state index in [9.17, 15) is 9.59 Å². The number of hydrogen-bond donors (Lipinski definition) is 3. The molecule has 0 radical (unpaired) electrons. The number of hydrogen-bond acceptors (Lipinski definition) is 4. The molecule has 0 aliphatic heterocycles. The summed E-state index contributed by atoms with van der Waals surface area (Å²) in [5.74, 6) is -0.409. The molecule has 9 heteroatoms. The second kappa shape index (κ2) is 9.22. The highest BCUT2D eigenvalue weighted by atomic mass is 35.5. The SMILES string of the molecule is O=C(COc1ccc(Cl)cc1)NC(=S)NNC(=O)c1ccc(Cl)cc1. The number of hydrazine groups is 1. The van der Waals surface area contributed by atoms with Crippen LogP contribution in [0.1, 0.15) is 10.4 Å². The number of thiocarbonyl (C=S) groups is 1. The van der Waals surface area contributed by atoms with Gasteiger partial charge in [0.2, 0.25) is 0 Å². The second-order valence-corrected chi connectivity index (χ2v) is 5.99. The van der Waals surface area contributed by atoms with E-state index < -0.39 is 11.8 Å². The summed E-state index contributed by atoms with van der Waals surface area (Å²) in [4.78, 5) is 23.6. The Morgan fingerprint density at radius 3 is 2.08 bits per heavy atom. The van der Waals surface area contributed by atoms with Gasteiger partial charge in [0.1, 0.15) is 5.75 Å². The number of benzene rings is 2. The highest BCUT2D eigenvalue weighted by Gasteiger charge is 2.08. The maximum atomic E-state index is 11.9. The maximum Gasteiger partial charge on any atom is 0.269 e. The minimum atomic E-state index is -0.479. The number of amides is 2. The third kappa shape index (κ3) is 6.58. The largest absolute Gasteiger partial charge is 0.484 e. The Kier molecular flexibility index (Phi) is 7.00. The summed E-state index contributed by atoms with van der Waals surface area (Å²) in [5, 5.41) is 3.40. The average molecular weight is 398 g/mol. The van der Waals surface area contributed by atoms with Gasteiger partial charge in [-0.05, 0) is 60.7 Å². The van der Waals surface area contributed by atoms with Crippen molar-refractivity contribution < 1.29 is 14.3 Å². The van der Waals surface area contributed by atoms with E-state index in [1.54, 1.807) is 48.5 Å². The van der Waals surface area contributed by atoms with Crippen molar-refractivity contribution in [2.24, 2.45) is 0 Å². The number of nitrogens with one attached hydrogen (secondary N) is 3. The second-order valence-electron chi connectivity index (χ2n) is 4.71. The molecule has 2 aromatic rings. The predicted molar refractivity (Wildman–Crippen MR) is 99.7 cm³/mol. The minimum absolute atomic E-state index is 0.0629. The molecule has 0 saturated heterocycles. The molecule has 0 aromatic heterocycles. The molecule has 0 spiro atoms. The Bertz CT molecular complexity index is 767. The van der Waals surface area contributed by atoms with E-state index in [2.05, 4.69) is 16.2 Å². The zero-order valence-corrected chi connectivity index (χ0v) is 15.0.